The van der Waals surface area contributed by atoms with Crippen LogP contribution in [0.1, 0.15) is 25.0 Å². The molecule has 1 N–H and O–H groups in total. The van der Waals surface area contributed by atoms with E-state index in [1.54, 1.807) is 30.3 Å². The Balaban J connectivity index is 2.09. The van der Waals surface area contributed by atoms with E-state index in [0.717, 1.165) is 16.1 Å². The Morgan fingerprint density at radius 3 is 2.20 bits per heavy atom. The van der Waals surface area contributed by atoms with Crippen LogP contribution in [0.25, 0.3) is 0 Å². The van der Waals surface area contributed by atoms with Crippen LogP contribution in [0.4, 0.5) is 5.69 Å². The van der Waals surface area contributed by atoms with E-state index in [9.17, 15) is 18.0 Å². The van der Waals surface area contributed by atoms with Crippen molar-refractivity contribution in [3.05, 3.63) is 94.0 Å². The van der Waals surface area contributed by atoms with Gasteiger partial charge in [0.25, 0.3) is 0 Å². The quantitative estimate of drug-likeness (QED) is 0.284. The zero-order valence-corrected chi connectivity index (χ0v) is 25.8. The summed E-state index contributed by atoms with van der Waals surface area (Å²) in [5.41, 5.74) is 1.65. The van der Waals surface area contributed by atoms with Crippen molar-refractivity contribution in [2.75, 3.05) is 30.8 Å². The molecule has 0 aliphatic rings. The number of hydrogen-bond donors (Lipinski definition) is 1. The third kappa shape index (κ3) is 9.38. The Labute approximate surface area is 252 Å². The number of nitrogens with one attached hydrogen (secondary N) is 1. The smallest absolute Gasteiger partial charge is 0.244 e. The average molecular weight is 621 g/mol. The Bertz CT molecular complexity index is 1450. The first-order valence-electron chi connectivity index (χ1n) is 13.1. The van der Waals surface area contributed by atoms with Crippen molar-refractivity contribution in [1.29, 1.82) is 0 Å². The molecule has 1 unspecified atom stereocenters. The minimum absolute atomic E-state index is 0.0241. The van der Waals surface area contributed by atoms with Gasteiger partial charge in [0.1, 0.15) is 18.3 Å². The molecule has 3 rings (SSSR count). The van der Waals surface area contributed by atoms with E-state index in [1.807, 2.05) is 44.2 Å². The Hall–Kier alpha value is -3.27. The van der Waals surface area contributed by atoms with Crippen LogP contribution < -0.4 is 14.4 Å². The lowest BCUT2D eigenvalue weighted by atomic mass is 10.0. The van der Waals surface area contributed by atoms with E-state index >= 15 is 0 Å². The van der Waals surface area contributed by atoms with Gasteiger partial charge in [0.05, 0.1) is 19.1 Å². The number of methoxy groups -OCH3 is 1. The molecule has 220 valence electrons. The summed E-state index contributed by atoms with van der Waals surface area (Å²) >= 11 is 12.4. The summed E-state index contributed by atoms with van der Waals surface area (Å²) in [6, 6.07) is 19.9. The topological polar surface area (TPSA) is 96.0 Å². The predicted molar refractivity (Wildman–Crippen MR) is 164 cm³/mol. The van der Waals surface area contributed by atoms with Crippen molar-refractivity contribution in [2.45, 2.75) is 32.9 Å². The Morgan fingerprint density at radius 2 is 1.59 bits per heavy atom. The Morgan fingerprint density at radius 1 is 0.927 bits per heavy atom. The highest BCUT2D eigenvalue weighted by atomic mass is 35.5. The zero-order chi connectivity index (χ0) is 30.2. The molecule has 0 aliphatic heterocycles. The van der Waals surface area contributed by atoms with Gasteiger partial charge in [-0.1, -0.05) is 79.5 Å². The Kier molecular flexibility index (Phi) is 11.5. The van der Waals surface area contributed by atoms with Crippen LogP contribution in [-0.4, -0.2) is 57.6 Å². The number of carbonyl (C=O) groups excluding carboxylic acids is 2. The van der Waals surface area contributed by atoms with Gasteiger partial charge in [-0.15, -0.1) is 0 Å². The van der Waals surface area contributed by atoms with Crippen LogP contribution in [0.3, 0.4) is 0 Å². The van der Waals surface area contributed by atoms with Gasteiger partial charge in [-0.25, -0.2) is 8.42 Å². The van der Waals surface area contributed by atoms with Crippen LogP contribution in [0.15, 0.2) is 72.8 Å². The summed E-state index contributed by atoms with van der Waals surface area (Å²) in [5.74, 6) is -0.517. The maximum Gasteiger partial charge on any atom is 0.244 e. The first-order valence-corrected chi connectivity index (χ1v) is 15.7. The number of halogens is 2. The average Bonchev–Trinajstić information content (AvgIpc) is 2.92. The van der Waals surface area contributed by atoms with Gasteiger partial charge in [0, 0.05) is 29.6 Å². The molecular weight excluding hydrogens is 585 g/mol. The highest BCUT2D eigenvalue weighted by Gasteiger charge is 2.34. The van der Waals surface area contributed by atoms with E-state index in [-0.39, 0.29) is 41.3 Å². The summed E-state index contributed by atoms with van der Waals surface area (Å²) < 4.78 is 32.3. The van der Waals surface area contributed by atoms with Gasteiger partial charge in [-0.3, -0.25) is 13.9 Å². The molecule has 0 bridgehead atoms. The van der Waals surface area contributed by atoms with Gasteiger partial charge < -0.3 is 15.0 Å². The van der Waals surface area contributed by atoms with Crippen molar-refractivity contribution in [1.82, 2.24) is 10.2 Å². The maximum atomic E-state index is 14.2. The number of nitrogens with zero attached hydrogens (tertiary/aromatic N) is 2. The van der Waals surface area contributed by atoms with Crippen LogP contribution in [-0.2, 0) is 32.6 Å². The molecule has 0 saturated heterocycles. The minimum atomic E-state index is -3.98. The highest BCUT2D eigenvalue weighted by Crippen LogP contribution is 2.33. The molecule has 0 aliphatic carbocycles. The first kappa shape index (κ1) is 32.2. The standard InChI is InChI=1S/C30H35Cl2N3O5S/c1-21(2)18-33-30(37)27(16-22-9-6-5-7-10-22)34(19-23-11-8-12-24(31)15-23)29(36)20-35(41(4,38)39)26-17-25(32)13-14-28(26)40-3/h5-15,17,21,27H,16,18-20H2,1-4H3,(H,33,37). The molecule has 8 nitrogen and oxygen atoms in total. The molecule has 3 aromatic carbocycles. The number of carbonyl (C=O) groups is 2. The summed E-state index contributed by atoms with van der Waals surface area (Å²) in [4.78, 5) is 29.2. The van der Waals surface area contributed by atoms with Crippen molar-refractivity contribution in [3.8, 4) is 5.75 Å². The fourth-order valence-electron chi connectivity index (χ4n) is 4.26. The van der Waals surface area contributed by atoms with Crippen LogP contribution in [0.2, 0.25) is 10.0 Å². The van der Waals surface area contributed by atoms with Crippen molar-refractivity contribution in [3.63, 3.8) is 0 Å². The lowest BCUT2D eigenvalue weighted by molar-refractivity contribution is -0.140. The molecule has 2 amide bonds. The number of anilines is 1. The molecule has 0 fully saturated rings. The van der Waals surface area contributed by atoms with Crippen molar-refractivity contribution >= 4 is 50.7 Å². The number of benzene rings is 3. The molecule has 0 heterocycles. The second kappa shape index (κ2) is 14.6. The van der Waals surface area contributed by atoms with Gasteiger partial charge in [-0.05, 0) is 47.4 Å². The summed E-state index contributed by atoms with van der Waals surface area (Å²) in [5, 5.41) is 3.69. The van der Waals surface area contributed by atoms with Crippen molar-refractivity contribution < 1.29 is 22.7 Å². The van der Waals surface area contributed by atoms with Crippen LogP contribution in [0.5, 0.6) is 5.75 Å². The number of amides is 2. The summed E-state index contributed by atoms with van der Waals surface area (Å²) in [6.07, 6.45) is 1.22. The van der Waals surface area contributed by atoms with Crippen LogP contribution >= 0.6 is 23.2 Å². The maximum absolute atomic E-state index is 14.2. The largest absolute Gasteiger partial charge is 0.495 e. The van der Waals surface area contributed by atoms with Gasteiger partial charge >= 0.3 is 0 Å². The van der Waals surface area contributed by atoms with E-state index in [4.69, 9.17) is 27.9 Å². The second-order valence-electron chi connectivity index (χ2n) is 10.1. The SMILES string of the molecule is COc1ccc(Cl)cc1N(CC(=O)N(Cc1cccc(Cl)c1)C(Cc1ccccc1)C(=O)NCC(C)C)S(C)(=O)=O. The highest BCUT2D eigenvalue weighted by molar-refractivity contribution is 7.92. The lowest BCUT2D eigenvalue weighted by Crippen LogP contribution is -2.53. The van der Waals surface area contributed by atoms with E-state index in [1.165, 1.54) is 24.1 Å². The molecule has 0 saturated carbocycles. The lowest BCUT2D eigenvalue weighted by Gasteiger charge is -2.34. The zero-order valence-electron chi connectivity index (χ0n) is 23.5. The summed E-state index contributed by atoms with van der Waals surface area (Å²) in [7, 11) is -2.58. The van der Waals surface area contributed by atoms with Crippen molar-refractivity contribution in [2.24, 2.45) is 5.92 Å². The third-order valence-corrected chi connectivity index (χ3v) is 7.88. The first-order chi connectivity index (χ1) is 19.4. The number of hydrogen-bond acceptors (Lipinski definition) is 5. The molecule has 41 heavy (non-hydrogen) atoms. The van der Waals surface area contributed by atoms with E-state index in [0.29, 0.717) is 17.1 Å². The molecular formula is C30H35Cl2N3O5S. The normalized spacial score (nSPS) is 12.1. The second-order valence-corrected chi connectivity index (χ2v) is 12.9. The fraction of sp³-hybridized carbons (Fsp3) is 0.333. The van der Waals surface area contributed by atoms with E-state index < -0.39 is 28.5 Å². The molecule has 0 radical (unpaired) electrons. The third-order valence-electron chi connectivity index (χ3n) is 6.29. The minimum Gasteiger partial charge on any atom is -0.495 e. The van der Waals surface area contributed by atoms with E-state index in [2.05, 4.69) is 5.32 Å². The number of rotatable bonds is 13. The predicted octanol–water partition coefficient (Wildman–Crippen LogP) is 5.18. The summed E-state index contributed by atoms with van der Waals surface area (Å²) in [6.45, 7) is 3.81. The molecule has 1 atom stereocenters. The fourth-order valence-corrected chi connectivity index (χ4v) is 5.49. The molecule has 0 spiro atoms. The number of sulfonamides is 1. The van der Waals surface area contributed by atoms with Crippen LogP contribution in [0, 0.1) is 5.92 Å². The molecule has 0 aromatic heterocycles. The molecule has 3 aromatic rings. The van der Waals surface area contributed by atoms with Gasteiger partial charge in [0.2, 0.25) is 21.8 Å². The van der Waals surface area contributed by atoms with Gasteiger partial charge in [0.15, 0.2) is 0 Å². The monoisotopic (exact) mass is 619 g/mol. The molecule has 11 heteroatoms. The number of ether oxygens (including phenoxy) is 1. The van der Waals surface area contributed by atoms with Gasteiger partial charge in [-0.2, -0.15) is 0 Å².